The summed E-state index contributed by atoms with van der Waals surface area (Å²) in [5.41, 5.74) is 7.12. The number of hydrogen-bond acceptors (Lipinski definition) is 3. The lowest BCUT2D eigenvalue weighted by Crippen LogP contribution is -2.42. The van der Waals surface area contributed by atoms with Gasteiger partial charge in [-0.1, -0.05) is 36.4 Å². The van der Waals surface area contributed by atoms with Gasteiger partial charge in [-0.25, -0.2) is 10.3 Å². The molecule has 1 heterocycles. The molecule has 3 amide bonds. The molecule has 32 heavy (non-hydrogen) atoms. The van der Waals surface area contributed by atoms with Crippen molar-refractivity contribution in [3.63, 3.8) is 0 Å². The highest BCUT2D eigenvalue weighted by Crippen LogP contribution is 2.37. The maximum Gasteiger partial charge on any atom is 0.317 e. The van der Waals surface area contributed by atoms with Crippen LogP contribution in [0.1, 0.15) is 41.6 Å². The van der Waals surface area contributed by atoms with Gasteiger partial charge in [-0.2, -0.15) is 0 Å². The molecule has 1 unspecified atom stereocenters. The van der Waals surface area contributed by atoms with Crippen LogP contribution in [0.4, 0.5) is 4.79 Å². The van der Waals surface area contributed by atoms with E-state index >= 15 is 0 Å². The average molecular weight is 433 g/mol. The molecule has 2 aromatic carbocycles. The Morgan fingerprint density at radius 1 is 1.25 bits per heavy atom. The van der Waals surface area contributed by atoms with Crippen molar-refractivity contribution in [2.45, 2.75) is 32.2 Å². The SMILES string of the molecule is CCNC(=O)N(CCc1c[nH]c2ccccc12)C1CCc2cc(/C=C/C(=O)NO)ccc21. The van der Waals surface area contributed by atoms with Gasteiger partial charge in [0, 0.05) is 36.3 Å². The first-order valence-electron chi connectivity index (χ1n) is 10.9. The molecular weight excluding hydrogens is 404 g/mol. The van der Waals surface area contributed by atoms with E-state index < -0.39 is 5.91 Å². The van der Waals surface area contributed by atoms with Crippen molar-refractivity contribution in [2.24, 2.45) is 0 Å². The van der Waals surface area contributed by atoms with Crippen molar-refractivity contribution in [2.75, 3.05) is 13.1 Å². The minimum Gasteiger partial charge on any atom is -0.361 e. The minimum absolute atomic E-state index is 0.0144. The molecule has 3 aromatic rings. The number of hydroxylamine groups is 1. The number of amides is 3. The third-order valence-electron chi connectivity index (χ3n) is 6.01. The van der Waals surface area contributed by atoms with Gasteiger partial charge in [-0.15, -0.1) is 0 Å². The predicted octanol–water partition coefficient (Wildman–Crippen LogP) is 3.95. The number of fused-ring (bicyclic) bond motifs is 2. The molecule has 0 fully saturated rings. The molecule has 4 N–H and O–H groups in total. The number of aromatic amines is 1. The molecule has 1 aliphatic carbocycles. The lowest BCUT2D eigenvalue weighted by Gasteiger charge is -2.30. The molecule has 0 aliphatic heterocycles. The molecule has 166 valence electrons. The number of aryl methyl sites for hydroxylation is 1. The Bertz CT molecular complexity index is 1150. The van der Waals surface area contributed by atoms with Gasteiger partial charge >= 0.3 is 6.03 Å². The van der Waals surface area contributed by atoms with Crippen LogP contribution in [0.3, 0.4) is 0 Å². The molecule has 0 radical (unpaired) electrons. The summed E-state index contributed by atoms with van der Waals surface area (Å²) in [6, 6.07) is 14.2. The number of hydrogen-bond donors (Lipinski definition) is 4. The Labute approximate surface area is 187 Å². The van der Waals surface area contributed by atoms with Crippen molar-refractivity contribution in [3.05, 3.63) is 77.0 Å². The summed E-state index contributed by atoms with van der Waals surface area (Å²) in [5.74, 6) is -0.567. The molecule has 7 heteroatoms. The van der Waals surface area contributed by atoms with E-state index in [1.807, 2.05) is 48.4 Å². The Kier molecular flexibility index (Phi) is 6.56. The molecule has 4 rings (SSSR count). The summed E-state index contributed by atoms with van der Waals surface area (Å²) in [6.07, 6.45) is 7.49. The van der Waals surface area contributed by atoms with Crippen LogP contribution in [0.5, 0.6) is 0 Å². The number of nitrogens with zero attached hydrogens (tertiary/aromatic N) is 1. The third kappa shape index (κ3) is 4.53. The van der Waals surface area contributed by atoms with Crippen molar-refractivity contribution in [3.8, 4) is 0 Å². The lowest BCUT2D eigenvalue weighted by atomic mass is 10.0. The van der Waals surface area contributed by atoms with Crippen LogP contribution in [0, 0.1) is 0 Å². The van der Waals surface area contributed by atoms with E-state index in [0.717, 1.165) is 35.9 Å². The summed E-state index contributed by atoms with van der Waals surface area (Å²) in [6.45, 7) is 3.13. The molecule has 1 atom stereocenters. The molecule has 1 aromatic heterocycles. The second-order valence-electron chi connectivity index (χ2n) is 7.96. The number of para-hydroxylation sites is 1. The maximum absolute atomic E-state index is 13.0. The van der Waals surface area contributed by atoms with Gasteiger partial charge < -0.3 is 15.2 Å². The van der Waals surface area contributed by atoms with E-state index in [2.05, 4.69) is 22.4 Å². The number of rotatable bonds is 7. The monoisotopic (exact) mass is 432 g/mol. The highest BCUT2D eigenvalue weighted by molar-refractivity contribution is 5.90. The van der Waals surface area contributed by atoms with Crippen molar-refractivity contribution >= 4 is 28.9 Å². The number of H-pyrrole nitrogens is 1. The number of carbonyl (C=O) groups is 2. The number of urea groups is 1. The quantitative estimate of drug-likeness (QED) is 0.259. The molecular formula is C25H28N4O3. The fourth-order valence-corrected chi connectivity index (χ4v) is 4.48. The zero-order valence-electron chi connectivity index (χ0n) is 18.1. The standard InChI is InChI=1S/C25H28N4O3/c1-2-26-25(31)29(14-13-19-16-27-22-6-4-3-5-20(19)22)23-11-9-18-15-17(7-10-21(18)23)8-12-24(30)28-32/h3-8,10,12,15-16,23,27,32H,2,9,11,13-14H2,1H3,(H,26,31)(H,28,30)/b12-8+. The summed E-state index contributed by atoms with van der Waals surface area (Å²) in [7, 11) is 0. The highest BCUT2D eigenvalue weighted by atomic mass is 16.5. The van der Waals surface area contributed by atoms with Crippen molar-refractivity contribution in [1.82, 2.24) is 20.7 Å². The van der Waals surface area contributed by atoms with E-state index in [0.29, 0.717) is 13.1 Å². The van der Waals surface area contributed by atoms with Crippen LogP contribution >= 0.6 is 0 Å². The fraction of sp³-hybridized carbons (Fsp3) is 0.280. The number of nitrogens with one attached hydrogen (secondary N) is 3. The Balaban J connectivity index is 1.55. The van der Waals surface area contributed by atoms with Crippen molar-refractivity contribution in [1.29, 1.82) is 0 Å². The first kappa shape index (κ1) is 21.6. The first-order valence-corrected chi connectivity index (χ1v) is 10.9. The van der Waals surface area contributed by atoms with Gasteiger partial charge in [0.1, 0.15) is 0 Å². The third-order valence-corrected chi connectivity index (χ3v) is 6.01. The van der Waals surface area contributed by atoms with E-state index in [1.165, 1.54) is 22.6 Å². The second-order valence-corrected chi connectivity index (χ2v) is 7.96. The summed E-state index contributed by atoms with van der Waals surface area (Å²) in [5, 5.41) is 12.8. The number of carbonyl (C=O) groups excluding carboxylic acids is 2. The average Bonchev–Trinajstić information content (AvgIpc) is 3.42. The van der Waals surface area contributed by atoms with Gasteiger partial charge in [0.25, 0.3) is 5.91 Å². The summed E-state index contributed by atoms with van der Waals surface area (Å²) >= 11 is 0. The molecule has 0 saturated heterocycles. The Morgan fingerprint density at radius 2 is 2.09 bits per heavy atom. The van der Waals surface area contributed by atoms with E-state index in [4.69, 9.17) is 5.21 Å². The molecule has 0 spiro atoms. The summed E-state index contributed by atoms with van der Waals surface area (Å²) < 4.78 is 0. The number of benzene rings is 2. The van der Waals surface area contributed by atoms with Gasteiger partial charge in [-0.3, -0.25) is 10.0 Å². The normalized spacial score (nSPS) is 15.1. The summed E-state index contributed by atoms with van der Waals surface area (Å²) in [4.78, 5) is 29.5. The van der Waals surface area contributed by atoms with E-state index in [1.54, 1.807) is 11.6 Å². The molecule has 7 nitrogen and oxygen atoms in total. The largest absolute Gasteiger partial charge is 0.361 e. The molecule has 1 aliphatic rings. The highest BCUT2D eigenvalue weighted by Gasteiger charge is 2.31. The van der Waals surface area contributed by atoms with Crippen LogP contribution in [0.25, 0.3) is 17.0 Å². The van der Waals surface area contributed by atoms with E-state index in [9.17, 15) is 9.59 Å². The van der Waals surface area contributed by atoms with Crippen LogP contribution in [-0.4, -0.2) is 40.1 Å². The van der Waals surface area contributed by atoms with Crippen LogP contribution < -0.4 is 10.8 Å². The van der Waals surface area contributed by atoms with Gasteiger partial charge in [0.05, 0.1) is 6.04 Å². The first-order chi connectivity index (χ1) is 15.6. The maximum atomic E-state index is 13.0. The Morgan fingerprint density at radius 3 is 2.91 bits per heavy atom. The zero-order valence-corrected chi connectivity index (χ0v) is 18.1. The second kappa shape index (κ2) is 9.70. The number of aromatic nitrogens is 1. The van der Waals surface area contributed by atoms with Crippen molar-refractivity contribution < 1.29 is 14.8 Å². The van der Waals surface area contributed by atoms with Gasteiger partial charge in [0.15, 0.2) is 0 Å². The Hall–Kier alpha value is -3.58. The van der Waals surface area contributed by atoms with Crippen LogP contribution in [0.15, 0.2) is 54.7 Å². The smallest absolute Gasteiger partial charge is 0.317 e. The van der Waals surface area contributed by atoms with Gasteiger partial charge in [0.2, 0.25) is 0 Å². The molecule has 0 bridgehead atoms. The zero-order chi connectivity index (χ0) is 22.5. The molecule has 0 saturated carbocycles. The fourth-order valence-electron chi connectivity index (χ4n) is 4.48. The van der Waals surface area contributed by atoms with E-state index in [-0.39, 0.29) is 12.1 Å². The van der Waals surface area contributed by atoms with Gasteiger partial charge in [-0.05, 0) is 60.6 Å². The van der Waals surface area contributed by atoms with Crippen LogP contribution in [-0.2, 0) is 17.6 Å². The van der Waals surface area contributed by atoms with Crippen LogP contribution in [0.2, 0.25) is 0 Å². The minimum atomic E-state index is -0.567. The topological polar surface area (TPSA) is 97.5 Å². The lowest BCUT2D eigenvalue weighted by molar-refractivity contribution is -0.124. The predicted molar refractivity (Wildman–Crippen MR) is 124 cm³/mol.